The van der Waals surface area contributed by atoms with Crippen molar-refractivity contribution in [2.45, 2.75) is 33.1 Å². The zero-order valence-corrected chi connectivity index (χ0v) is 10.2. The van der Waals surface area contributed by atoms with E-state index in [2.05, 4.69) is 54.9 Å². The Morgan fingerprint density at radius 1 is 1.31 bits per heavy atom. The standard InChI is InChI=1S/C12H17Br/c1-9(2)12-5-4-11(6-7-13)10(3)8-12/h4-5,8-9H,6-7H2,1-3H3. The first-order chi connectivity index (χ1) is 6.15. The van der Waals surface area contributed by atoms with Crippen molar-refractivity contribution >= 4 is 15.9 Å². The van der Waals surface area contributed by atoms with Gasteiger partial charge in [-0.3, -0.25) is 0 Å². The molecule has 1 rings (SSSR count). The second-order valence-corrected chi connectivity index (χ2v) is 4.57. The van der Waals surface area contributed by atoms with Crippen molar-refractivity contribution in [3.63, 3.8) is 0 Å². The Kier molecular flexibility index (Phi) is 3.98. The minimum Gasteiger partial charge on any atom is -0.0924 e. The van der Waals surface area contributed by atoms with E-state index in [1.165, 1.54) is 16.7 Å². The first-order valence-corrected chi connectivity index (χ1v) is 5.92. The number of rotatable bonds is 3. The summed E-state index contributed by atoms with van der Waals surface area (Å²) in [5.74, 6) is 0.636. The highest BCUT2D eigenvalue weighted by Crippen LogP contribution is 2.18. The Labute approximate surface area is 89.5 Å². The number of benzene rings is 1. The summed E-state index contributed by atoms with van der Waals surface area (Å²) in [7, 11) is 0. The Bertz CT molecular complexity index is 276. The molecule has 0 N–H and O–H groups in total. The first-order valence-electron chi connectivity index (χ1n) is 4.80. The summed E-state index contributed by atoms with van der Waals surface area (Å²) < 4.78 is 0. The lowest BCUT2D eigenvalue weighted by molar-refractivity contribution is 0.862. The van der Waals surface area contributed by atoms with Gasteiger partial charge in [0.1, 0.15) is 0 Å². The molecule has 0 amide bonds. The van der Waals surface area contributed by atoms with Crippen LogP contribution in [0.1, 0.15) is 36.5 Å². The van der Waals surface area contributed by atoms with E-state index in [-0.39, 0.29) is 0 Å². The van der Waals surface area contributed by atoms with E-state index in [0.717, 1.165) is 11.8 Å². The average Bonchev–Trinajstić information content (AvgIpc) is 2.08. The van der Waals surface area contributed by atoms with Gasteiger partial charge in [0.05, 0.1) is 0 Å². The molecule has 0 nitrogen and oxygen atoms in total. The number of hydrogen-bond acceptors (Lipinski definition) is 0. The van der Waals surface area contributed by atoms with Crippen LogP contribution in [0.3, 0.4) is 0 Å². The van der Waals surface area contributed by atoms with Gasteiger partial charge in [-0.15, -0.1) is 0 Å². The fraction of sp³-hybridized carbons (Fsp3) is 0.500. The molecule has 0 aliphatic heterocycles. The van der Waals surface area contributed by atoms with Crippen molar-refractivity contribution in [1.82, 2.24) is 0 Å². The van der Waals surface area contributed by atoms with Gasteiger partial charge in [-0.2, -0.15) is 0 Å². The largest absolute Gasteiger partial charge is 0.0924 e. The molecule has 0 heterocycles. The van der Waals surface area contributed by atoms with Crippen LogP contribution >= 0.6 is 15.9 Å². The molecular formula is C12H17Br. The maximum absolute atomic E-state index is 3.47. The smallest absolute Gasteiger partial charge is 0.00719 e. The highest BCUT2D eigenvalue weighted by atomic mass is 79.9. The fourth-order valence-electron chi connectivity index (χ4n) is 1.46. The zero-order chi connectivity index (χ0) is 9.84. The quantitative estimate of drug-likeness (QED) is 0.700. The predicted molar refractivity (Wildman–Crippen MR) is 62.8 cm³/mol. The van der Waals surface area contributed by atoms with Crippen molar-refractivity contribution in [1.29, 1.82) is 0 Å². The summed E-state index contributed by atoms with van der Waals surface area (Å²) in [5, 5.41) is 1.05. The minimum atomic E-state index is 0.636. The first kappa shape index (κ1) is 10.8. The summed E-state index contributed by atoms with van der Waals surface area (Å²) >= 11 is 3.47. The van der Waals surface area contributed by atoms with E-state index in [1.54, 1.807) is 0 Å². The molecule has 0 aliphatic carbocycles. The van der Waals surface area contributed by atoms with Crippen LogP contribution < -0.4 is 0 Å². The van der Waals surface area contributed by atoms with Gasteiger partial charge in [-0.1, -0.05) is 48.0 Å². The molecule has 0 aliphatic rings. The van der Waals surface area contributed by atoms with Crippen molar-refractivity contribution in [3.8, 4) is 0 Å². The summed E-state index contributed by atoms with van der Waals surface area (Å²) in [6.07, 6.45) is 1.13. The summed E-state index contributed by atoms with van der Waals surface area (Å²) in [5.41, 5.74) is 4.32. The lowest BCUT2D eigenvalue weighted by Crippen LogP contribution is -1.94. The molecule has 0 bridgehead atoms. The highest BCUT2D eigenvalue weighted by molar-refractivity contribution is 9.09. The van der Waals surface area contributed by atoms with Crippen molar-refractivity contribution in [2.75, 3.05) is 5.33 Å². The third-order valence-electron chi connectivity index (χ3n) is 2.40. The third-order valence-corrected chi connectivity index (χ3v) is 2.79. The van der Waals surface area contributed by atoms with E-state index in [0.29, 0.717) is 5.92 Å². The van der Waals surface area contributed by atoms with Crippen LogP contribution in [0.25, 0.3) is 0 Å². The van der Waals surface area contributed by atoms with Crippen LogP contribution in [-0.2, 0) is 6.42 Å². The van der Waals surface area contributed by atoms with Gasteiger partial charge < -0.3 is 0 Å². The second kappa shape index (κ2) is 4.80. The Morgan fingerprint density at radius 3 is 2.46 bits per heavy atom. The molecular weight excluding hydrogens is 224 g/mol. The van der Waals surface area contributed by atoms with Crippen LogP contribution in [0.15, 0.2) is 18.2 Å². The van der Waals surface area contributed by atoms with E-state index in [1.807, 2.05) is 0 Å². The molecule has 0 saturated carbocycles. The Balaban J connectivity index is 2.92. The molecule has 0 unspecified atom stereocenters. The van der Waals surface area contributed by atoms with Crippen LogP contribution in [0.4, 0.5) is 0 Å². The van der Waals surface area contributed by atoms with Crippen LogP contribution in [0, 0.1) is 6.92 Å². The molecule has 13 heavy (non-hydrogen) atoms. The lowest BCUT2D eigenvalue weighted by Gasteiger charge is -2.09. The average molecular weight is 241 g/mol. The number of halogens is 1. The summed E-state index contributed by atoms with van der Waals surface area (Å²) in [6.45, 7) is 6.67. The summed E-state index contributed by atoms with van der Waals surface area (Å²) in [4.78, 5) is 0. The maximum Gasteiger partial charge on any atom is 0.00719 e. The molecule has 0 atom stereocenters. The molecule has 1 heteroatoms. The van der Waals surface area contributed by atoms with E-state index in [4.69, 9.17) is 0 Å². The molecule has 72 valence electrons. The van der Waals surface area contributed by atoms with Gasteiger partial charge in [0.2, 0.25) is 0 Å². The second-order valence-electron chi connectivity index (χ2n) is 3.78. The topological polar surface area (TPSA) is 0 Å². The third kappa shape index (κ3) is 2.84. The number of hydrogen-bond donors (Lipinski definition) is 0. The normalized spacial score (nSPS) is 10.8. The van der Waals surface area contributed by atoms with Crippen molar-refractivity contribution < 1.29 is 0 Å². The molecule has 1 aromatic carbocycles. The van der Waals surface area contributed by atoms with Gasteiger partial charge in [0.15, 0.2) is 0 Å². The lowest BCUT2D eigenvalue weighted by atomic mass is 9.97. The fourth-order valence-corrected chi connectivity index (χ4v) is 1.89. The SMILES string of the molecule is Cc1cc(C(C)C)ccc1CCBr. The Hall–Kier alpha value is -0.300. The number of alkyl halides is 1. The Morgan fingerprint density at radius 2 is 2.00 bits per heavy atom. The van der Waals surface area contributed by atoms with E-state index in [9.17, 15) is 0 Å². The molecule has 1 aromatic rings. The van der Waals surface area contributed by atoms with Gasteiger partial charge in [-0.05, 0) is 36.0 Å². The van der Waals surface area contributed by atoms with E-state index >= 15 is 0 Å². The van der Waals surface area contributed by atoms with Gasteiger partial charge in [0.25, 0.3) is 0 Å². The van der Waals surface area contributed by atoms with Gasteiger partial charge in [-0.25, -0.2) is 0 Å². The molecule has 0 radical (unpaired) electrons. The molecule has 0 saturated heterocycles. The molecule has 0 aromatic heterocycles. The van der Waals surface area contributed by atoms with E-state index < -0.39 is 0 Å². The maximum atomic E-state index is 3.47. The molecule has 0 spiro atoms. The van der Waals surface area contributed by atoms with Crippen LogP contribution in [0.2, 0.25) is 0 Å². The predicted octanol–water partition coefficient (Wildman–Crippen LogP) is 4.06. The minimum absolute atomic E-state index is 0.636. The summed E-state index contributed by atoms with van der Waals surface area (Å²) in [6, 6.07) is 6.81. The van der Waals surface area contributed by atoms with Crippen LogP contribution in [0.5, 0.6) is 0 Å². The highest BCUT2D eigenvalue weighted by Gasteiger charge is 2.02. The monoisotopic (exact) mass is 240 g/mol. The van der Waals surface area contributed by atoms with Crippen molar-refractivity contribution in [3.05, 3.63) is 34.9 Å². The zero-order valence-electron chi connectivity index (χ0n) is 8.60. The van der Waals surface area contributed by atoms with Gasteiger partial charge >= 0.3 is 0 Å². The van der Waals surface area contributed by atoms with Crippen molar-refractivity contribution in [2.24, 2.45) is 0 Å². The molecule has 0 fully saturated rings. The van der Waals surface area contributed by atoms with Crippen LogP contribution in [-0.4, -0.2) is 5.33 Å². The number of aryl methyl sites for hydroxylation is 2. The van der Waals surface area contributed by atoms with Gasteiger partial charge in [0, 0.05) is 5.33 Å².